The molecule has 1 fully saturated rings. The Morgan fingerprint density at radius 2 is 1.88 bits per heavy atom. The zero-order valence-electron chi connectivity index (χ0n) is 18.5. The summed E-state index contributed by atoms with van der Waals surface area (Å²) in [5.74, 6) is 3.45. The number of likely N-dealkylation sites (tertiary alicyclic amines) is 1. The number of hydrogen-bond donors (Lipinski definition) is 1. The fraction of sp³-hybridized carbons (Fsp3) is 0.400. The Labute approximate surface area is 193 Å². The summed E-state index contributed by atoms with van der Waals surface area (Å²) in [6, 6.07) is 18.5. The van der Waals surface area contributed by atoms with E-state index in [0.717, 1.165) is 55.1 Å². The van der Waals surface area contributed by atoms with Crippen LogP contribution in [0, 0.1) is 12.8 Å². The molecular weight excluding hydrogens is 420 g/mol. The molecule has 3 aromatic rings. The van der Waals surface area contributed by atoms with Gasteiger partial charge in [-0.2, -0.15) is 16.7 Å². The van der Waals surface area contributed by atoms with Crippen LogP contribution in [0.5, 0.6) is 0 Å². The van der Waals surface area contributed by atoms with E-state index in [0.29, 0.717) is 18.3 Å². The molecule has 0 radical (unpaired) electrons. The smallest absolute Gasteiger partial charge is 0.241 e. The molecule has 6 nitrogen and oxygen atoms in total. The van der Waals surface area contributed by atoms with Gasteiger partial charge in [-0.3, -0.25) is 9.69 Å². The van der Waals surface area contributed by atoms with Gasteiger partial charge in [0.15, 0.2) is 0 Å². The summed E-state index contributed by atoms with van der Waals surface area (Å²) in [6.07, 6.45) is 1.73. The monoisotopic (exact) mass is 450 g/mol. The maximum atomic E-state index is 12.5. The molecule has 0 saturated carbocycles. The number of hydrogen-bond acceptors (Lipinski definition) is 6. The molecule has 1 aliphatic heterocycles. The molecule has 7 heteroatoms. The molecule has 4 rings (SSSR count). The van der Waals surface area contributed by atoms with E-state index in [-0.39, 0.29) is 11.8 Å². The van der Waals surface area contributed by atoms with Gasteiger partial charge in [0.2, 0.25) is 17.6 Å². The summed E-state index contributed by atoms with van der Waals surface area (Å²) in [5.41, 5.74) is 3.45. The molecule has 1 amide bonds. The summed E-state index contributed by atoms with van der Waals surface area (Å²) in [5, 5.41) is 7.26. The van der Waals surface area contributed by atoms with E-state index < -0.39 is 0 Å². The Bertz CT molecular complexity index is 1000. The molecule has 168 valence electrons. The Morgan fingerprint density at radius 1 is 1.12 bits per heavy atom. The van der Waals surface area contributed by atoms with Crippen LogP contribution in [0.2, 0.25) is 0 Å². The highest BCUT2D eigenvalue weighted by Crippen LogP contribution is 2.22. The van der Waals surface area contributed by atoms with Crippen molar-refractivity contribution >= 4 is 17.7 Å². The zero-order chi connectivity index (χ0) is 22.2. The first kappa shape index (κ1) is 22.6. The van der Waals surface area contributed by atoms with Gasteiger partial charge >= 0.3 is 0 Å². The molecule has 32 heavy (non-hydrogen) atoms. The molecule has 0 bridgehead atoms. The molecule has 0 atom stereocenters. The predicted molar refractivity (Wildman–Crippen MR) is 128 cm³/mol. The average Bonchev–Trinajstić information content (AvgIpc) is 3.28. The molecule has 0 spiro atoms. The largest absolute Gasteiger partial charge is 0.355 e. The van der Waals surface area contributed by atoms with E-state index in [1.807, 2.05) is 49.0 Å². The average molecular weight is 451 g/mol. The second-order valence-corrected chi connectivity index (χ2v) is 9.31. The summed E-state index contributed by atoms with van der Waals surface area (Å²) in [4.78, 5) is 19.4. The van der Waals surface area contributed by atoms with Crippen LogP contribution in [0.1, 0.15) is 29.9 Å². The first-order chi connectivity index (χ1) is 15.7. The number of nitrogens with zero attached hydrogens (tertiary/aromatic N) is 3. The molecule has 1 aliphatic rings. The third-order valence-electron chi connectivity index (χ3n) is 5.83. The van der Waals surface area contributed by atoms with Gasteiger partial charge in [-0.15, -0.1) is 0 Å². The minimum atomic E-state index is 0.0931. The van der Waals surface area contributed by atoms with Gasteiger partial charge in [-0.1, -0.05) is 59.8 Å². The SMILES string of the molecule is Cc1ccccc1-c1noc(CN2CCC(C(=O)NCCSCc3ccccc3)CC2)n1. The normalized spacial score (nSPS) is 15.0. The van der Waals surface area contributed by atoms with Crippen LogP contribution >= 0.6 is 11.8 Å². The minimum Gasteiger partial charge on any atom is -0.355 e. The number of carbonyl (C=O) groups excluding carboxylic acids is 1. The zero-order valence-corrected chi connectivity index (χ0v) is 19.3. The van der Waals surface area contributed by atoms with Crippen molar-refractivity contribution in [3.63, 3.8) is 0 Å². The lowest BCUT2D eigenvalue weighted by Gasteiger charge is -2.30. The molecule has 2 heterocycles. The maximum absolute atomic E-state index is 12.5. The lowest BCUT2D eigenvalue weighted by molar-refractivity contribution is -0.126. The number of benzene rings is 2. The molecular formula is C25H30N4O2S. The van der Waals surface area contributed by atoms with Gasteiger partial charge < -0.3 is 9.84 Å². The van der Waals surface area contributed by atoms with Crippen molar-refractivity contribution in [2.24, 2.45) is 5.92 Å². The fourth-order valence-electron chi connectivity index (χ4n) is 3.95. The van der Waals surface area contributed by atoms with Gasteiger partial charge in [0, 0.05) is 29.5 Å². The van der Waals surface area contributed by atoms with Crippen LogP contribution in [0.4, 0.5) is 0 Å². The summed E-state index contributed by atoms with van der Waals surface area (Å²) < 4.78 is 5.47. The number of piperidine rings is 1. The lowest BCUT2D eigenvalue weighted by Crippen LogP contribution is -2.40. The van der Waals surface area contributed by atoms with Gasteiger partial charge in [0.05, 0.1) is 6.54 Å². The number of aryl methyl sites for hydroxylation is 1. The standard InChI is InChI=1S/C25H30N4O2S/c1-19-7-5-6-10-22(19)24-27-23(31-28-24)17-29-14-11-21(12-15-29)25(30)26-13-16-32-18-20-8-3-2-4-9-20/h2-10,21H,11-18H2,1H3,(H,26,30). The van der Waals surface area contributed by atoms with Crippen molar-refractivity contribution in [3.05, 3.63) is 71.6 Å². The van der Waals surface area contributed by atoms with Crippen molar-refractivity contribution < 1.29 is 9.32 Å². The van der Waals surface area contributed by atoms with Gasteiger partial charge in [-0.25, -0.2) is 0 Å². The van der Waals surface area contributed by atoms with E-state index in [1.54, 1.807) is 0 Å². The fourth-order valence-corrected chi connectivity index (χ4v) is 4.77. The van der Waals surface area contributed by atoms with Gasteiger partial charge in [0.25, 0.3) is 0 Å². The van der Waals surface area contributed by atoms with Gasteiger partial charge in [-0.05, 0) is 44.0 Å². The quantitative estimate of drug-likeness (QED) is 0.490. The van der Waals surface area contributed by atoms with E-state index in [1.165, 1.54) is 5.56 Å². The Balaban J connectivity index is 1.15. The molecule has 1 saturated heterocycles. The van der Waals surface area contributed by atoms with Crippen LogP contribution in [-0.2, 0) is 17.1 Å². The van der Waals surface area contributed by atoms with Crippen LogP contribution in [0.3, 0.4) is 0 Å². The minimum absolute atomic E-state index is 0.0931. The van der Waals surface area contributed by atoms with Crippen LogP contribution in [0.25, 0.3) is 11.4 Å². The number of amides is 1. The second-order valence-electron chi connectivity index (χ2n) is 8.21. The Morgan fingerprint density at radius 3 is 2.66 bits per heavy atom. The maximum Gasteiger partial charge on any atom is 0.241 e. The summed E-state index contributed by atoms with van der Waals surface area (Å²) in [6.45, 7) is 5.12. The molecule has 2 aromatic carbocycles. The van der Waals surface area contributed by atoms with Gasteiger partial charge in [0.1, 0.15) is 0 Å². The number of nitrogens with one attached hydrogen (secondary N) is 1. The highest BCUT2D eigenvalue weighted by atomic mass is 32.2. The van der Waals surface area contributed by atoms with Crippen LogP contribution in [-0.4, -0.2) is 46.3 Å². The Kier molecular flexibility index (Phi) is 7.96. The second kappa shape index (κ2) is 11.3. The highest BCUT2D eigenvalue weighted by molar-refractivity contribution is 7.98. The Hall–Kier alpha value is -2.64. The van der Waals surface area contributed by atoms with Crippen molar-refractivity contribution in [1.29, 1.82) is 0 Å². The van der Waals surface area contributed by atoms with Crippen molar-refractivity contribution in [2.45, 2.75) is 32.1 Å². The van der Waals surface area contributed by atoms with E-state index in [9.17, 15) is 4.79 Å². The number of carbonyl (C=O) groups is 1. The first-order valence-corrected chi connectivity index (χ1v) is 12.3. The number of thioether (sulfide) groups is 1. The van der Waals surface area contributed by atoms with E-state index in [4.69, 9.17) is 4.52 Å². The topological polar surface area (TPSA) is 71.3 Å². The molecule has 0 unspecified atom stereocenters. The third kappa shape index (κ3) is 6.20. The molecule has 1 N–H and O–H groups in total. The molecule has 1 aromatic heterocycles. The first-order valence-electron chi connectivity index (χ1n) is 11.2. The molecule has 0 aliphatic carbocycles. The number of rotatable bonds is 9. The highest BCUT2D eigenvalue weighted by Gasteiger charge is 2.25. The van der Waals surface area contributed by atoms with E-state index in [2.05, 4.69) is 44.6 Å². The van der Waals surface area contributed by atoms with Crippen molar-refractivity contribution in [3.8, 4) is 11.4 Å². The van der Waals surface area contributed by atoms with Crippen LogP contribution in [0.15, 0.2) is 59.1 Å². The van der Waals surface area contributed by atoms with Crippen LogP contribution < -0.4 is 5.32 Å². The third-order valence-corrected chi connectivity index (χ3v) is 6.86. The lowest BCUT2D eigenvalue weighted by atomic mass is 9.96. The van der Waals surface area contributed by atoms with Crippen molar-refractivity contribution in [2.75, 3.05) is 25.4 Å². The summed E-state index contributed by atoms with van der Waals surface area (Å²) in [7, 11) is 0. The van der Waals surface area contributed by atoms with Crippen molar-refractivity contribution in [1.82, 2.24) is 20.4 Å². The summed E-state index contributed by atoms with van der Waals surface area (Å²) >= 11 is 1.85. The van der Waals surface area contributed by atoms with E-state index >= 15 is 0 Å². The predicted octanol–water partition coefficient (Wildman–Crippen LogP) is 4.31. The number of aromatic nitrogens is 2.